The molecule has 56 valence electrons. The van der Waals surface area contributed by atoms with Crippen LogP contribution in [0.25, 0.3) is 0 Å². The number of halogens is 2. The maximum atomic E-state index is 8.52. The first-order chi connectivity index (χ1) is 5.24. The average molecular weight is 276 g/mol. The molecule has 1 rings (SSSR count). The van der Waals surface area contributed by atoms with Crippen LogP contribution in [0.15, 0.2) is 18.5 Å². The van der Waals surface area contributed by atoms with Crippen molar-refractivity contribution in [1.82, 2.24) is 4.98 Å². The Labute approximate surface area is 81.5 Å². The second-order valence-electron chi connectivity index (χ2n) is 1.92. The summed E-state index contributed by atoms with van der Waals surface area (Å²) < 4.78 is 0.0656. The summed E-state index contributed by atoms with van der Waals surface area (Å²) in [6.07, 6.45) is 3.24. The molecule has 2 nitrogen and oxygen atoms in total. The Balaban J connectivity index is 3.03. The number of pyridine rings is 1. The summed E-state index contributed by atoms with van der Waals surface area (Å²) in [5.74, 6) is 0. The van der Waals surface area contributed by atoms with Gasteiger partial charge in [-0.3, -0.25) is 4.98 Å². The highest BCUT2D eigenvalue weighted by molar-refractivity contribution is 9.24. The molecule has 0 amide bonds. The zero-order valence-corrected chi connectivity index (χ0v) is 8.63. The lowest BCUT2D eigenvalue weighted by molar-refractivity contribution is 1.23. The molecule has 0 aromatic carbocycles. The van der Waals surface area contributed by atoms with E-state index in [9.17, 15) is 0 Å². The number of hydrogen-bond donors (Lipinski definition) is 0. The van der Waals surface area contributed by atoms with Crippen molar-refractivity contribution in [3.63, 3.8) is 0 Å². The average Bonchev–Trinajstić information content (AvgIpc) is 2.05. The van der Waals surface area contributed by atoms with E-state index in [1.165, 1.54) is 6.20 Å². The van der Waals surface area contributed by atoms with Crippen molar-refractivity contribution in [2.75, 3.05) is 0 Å². The van der Waals surface area contributed by atoms with E-state index in [0.29, 0.717) is 5.56 Å². The first-order valence-corrected chi connectivity index (χ1v) is 4.70. The van der Waals surface area contributed by atoms with Crippen LogP contribution in [0, 0.1) is 11.3 Å². The number of hydrogen-bond acceptors (Lipinski definition) is 2. The largest absolute Gasteiger partial charge is 0.263 e. The van der Waals surface area contributed by atoms with Crippen LogP contribution in [-0.2, 0) is 0 Å². The fourth-order valence-corrected chi connectivity index (χ4v) is 1.14. The van der Waals surface area contributed by atoms with Gasteiger partial charge in [0.25, 0.3) is 0 Å². The molecule has 0 aliphatic heterocycles. The predicted octanol–water partition coefficient (Wildman–Crippen LogP) is 2.74. The zero-order chi connectivity index (χ0) is 8.27. The molecule has 11 heavy (non-hydrogen) atoms. The number of rotatable bonds is 1. The molecule has 0 bridgehead atoms. The lowest BCUT2D eigenvalue weighted by atomic mass is 10.2. The highest BCUT2D eigenvalue weighted by Crippen LogP contribution is 2.28. The predicted molar refractivity (Wildman–Crippen MR) is 49.5 cm³/mol. The summed E-state index contributed by atoms with van der Waals surface area (Å²) in [6.45, 7) is 0. The highest BCUT2D eigenvalue weighted by Gasteiger charge is 2.02. The monoisotopic (exact) mass is 274 g/mol. The molecule has 4 heteroatoms. The van der Waals surface area contributed by atoms with Crippen LogP contribution in [0.3, 0.4) is 0 Å². The molecule has 0 unspecified atom stereocenters. The molecule has 0 aliphatic rings. The molecule has 0 N–H and O–H groups in total. The van der Waals surface area contributed by atoms with E-state index < -0.39 is 0 Å². The van der Waals surface area contributed by atoms with Gasteiger partial charge in [-0.25, -0.2) is 0 Å². The second-order valence-corrected chi connectivity index (χ2v) is 4.98. The SMILES string of the molecule is N#Cc1cncc(C(Br)Br)c1. The summed E-state index contributed by atoms with van der Waals surface area (Å²) in [5, 5.41) is 8.52. The molecular formula is C7H4Br2N2. The third kappa shape index (κ3) is 2.28. The van der Waals surface area contributed by atoms with Crippen molar-refractivity contribution in [3.05, 3.63) is 29.6 Å². The summed E-state index contributed by atoms with van der Waals surface area (Å²) in [7, 11) is 0. The number of alkyl halides is 2. The van der Waals surface area contributed by atoms with Gasteiger partial charge in [0, 0.05) is 12.4 Å². The minimum atomic E-state index is 0.0656. The van der Waals surface area contributed by atoms with Gasteiger partial charge in [0.1, 0.15) is 6.07 Å². The van der Waals surface area contributed by atoms with Crippen molar-refractivity contribution < 1.29 is 0 Å². The number of aromatic nitrogens is 1. The molecule has 0 spiro atoms. The van der Waals surface area contributed by atoms with E-state index in [0.717, 1.165) is 5.56 Å². The van der Waals surface area contributed by atoms with Gasteiger partial charge in [0.05, 0.1) is 9.30 Å². The Bertz CT molecular complexity index is 291. The number of nitrogens with zero attached hydrogens (tertiary/aromatic N) is 2. The van der Waals surface area contributed by atoms with Gasteiger partial charge in [-0.1, -0.05) is 31.9 Å². The van der Waals surface area contributed by atoms with Crippen LogP contribution in [0.5, 0.6) is 0 Å². The Hall–Kier alpha value is -0.400. The van der Waals surface area contributed by atoms with Gasteiger partial charge in [0.2, 0.25) is 0 Å². The standard InChI is InChI=1S/C7H4Br2N2/c8-7(9)6-1-5(2-10)3-11-4-6/h1,3-4,7H. The Kier molecular flexibility index (Phi) is 3.03. The molecule has 1 aromatic rings. The van der Waals surface area contributed by atoms with Crippen LogP contribution >= 0.6 is 31.9 Å². The molecule has 0 aliphatic carbocycles. The van der Waals surface area contributed by atoms with E-state index in [2.05, 4.69) is 36.8 Å². The van der Waals surface area contributed by atoms with Crippen LogP contribution in [-0.4, -0.2) is 4.98 Å². The minimum absolute atomic E-state index is 0.0656. The summed E-state index contributed by atoms with van der Waals surface area (Å²) in [5.41, 5.74) is 1.52. The van der Waals surface area contributed by atoms with Crippen LogP contribution in [0.2, 0.25) is 0 Å². The summed E-state index contributed by atoms with van der Waals surface area (Å²) in [6, 6.07) is 3.80. The van der Waals surface area contributed by atoms with Crippen LogP contribution in [0.1, 0.15) is 14.9 Å². The fraction of sp³-hybridized carbons (Fsp3) is 0.143. The zero-order valence-electron chi connectivity index (χ0n) is 5.46. The van der Waals surface area contributed by atoms with E-state index in [-0.39, 0.29) is 3.74 Å². The van der Waals surface area contributed by atoms with Crippen molar-refractivity contribution >= 4 is 31.9 Å². The summed E-state index contributed by atoms with van der Waals surface area (Å²) >= 11 is 6.63. The topological polar surface area (TPSA) is 36.7 Å². The van der Waals surface area contributed by atoms with Crippen LogP contribution < -0.4 is 0 Å². The van der Waals surface area contributed by atoms with Crippen molar-refractivity contribution in [2.24, 2.45) is 0 Å². The smallest absolute Gasteiger partial charge is 0.101 e. The van der Waals surface area contributed by atoms with Gasteiger partial charge in [-0.05, 0) is 11.6 Å². The lowest BCUT2D eigenvalue weighted by Gasteiger charge is -1.99. The van der Waals surface area contributed by atoms with E-state index in [4.69, 9.17) is 5.26 Å². The van der Waals surface area contributed by atoms with E-state index in [1.807, 2.05) is 6.07 Å². The normalized spacial score (nSPS) is 9.64. The first-order valence-electron chi connectivity index (χ1n) is 2.87. The van der Waals surface area contributed by atoms with Gasteiger partial charge in [0.15, 0.2) is 0 Å². The highest BCUT2D eigenvalue weighted by atomic mass is 79.9. The third-order valence-corrected chi connectivity index (χ3v) is 2.20. The minimum Gasteiger partial charge on any atom is -0.263 e. The quantitative estimate of drug-likeness (QED) is 0.739. The number of nitriles is 1. The molecule has 0 saturated carbocycles. The molecule has 0 fully saturated rings. The lowest BCUT2D eigenvalue weighted by Crippen LogP contribution is -1.84. The fourth-order valence-electron chi connectivity index (χ4n) is 0.638. The molecule has 0 saturated heterocycles. The van der Waals surface area contributed by atoms with Crippen molar-refractivity contribution in [1.29, 1.82) is 5.26 Å². The molecule has 0 radical (unpaired) electrons. The third-order valence-electron chi connectivity index (χ3n) is 1.14. The maximum absolute atomic E-state index is 8.52. The Morgan fingerprint density at radius 1 is 1.45 bits per heavy atom. The van der Waals surface area contributed by atoms with Gasteiger partial charge < -0.3 is 0 Å². The second kappa shape index (κ2) is 3.84. The Morgan fingerprint density at radius 2 is 2.18 bits per heavy atom. The van der Waals surface area contributed by atoms with Crippen LogP contribution in [0.4, 0.5) is 0 Å². The van der Waals surface area contributed by atoms with Gasteiger partial charge in [-0.2, -0.15) is 5.26 Å². The van der Waals surface area contributed by atoms with E-state index in [1.54, 1.807) is 12.3 Å². The molecule has 1 heterocycles. The molecule has 1 aromatic heterocycles. The van der Waals surface area contributed by atoms with Crippen molar-refractivity contribution in [3.8, 4) is 6.07 Å². The molecular weight excluding hydrogens is 272 g/mol. The maximum Gasteiger partial charge on any atom is 0.101 e. The Morgan fingerprint density at radius 3 is 2.73 bits per heavy atom. The van der Waals surface area contributed by atoms with Gasteiger partial charge >= 0.3 is 0 Å². The first kappa shape index (κ1) is 8.69. The van der Waals surface area contributed by atoms with Gasteiger partial charge in [-0.15, -0.1) is 0 Å². The van der Waals surface area contributed by atoms with E-state index >= 15 is 0 Å². The van der Waals surface area contributed by atoms with Crippen molar-refractivity contribution in [2.45, 2.75) is 3.74 Å². The summed E-state index contributed by atoms with van der Waals surface area (Å²) in [4.78, 5) is 3.89. The molecule has 0 atom stereocenters.